The molecule has 2 aromatic rings. The van der Waals surface area contributed by atoms with Crippen LogP contribution in [0.2, 0.25) is 5.02 Å². The summed E-state index contributed by atoms with van der Waals surface area (Å²) < 4.78 is 11.3. The number of fused-ring (bicyclic) bond motifs is 1. The first kappa shape index (κ1) is 15.2. The first-order valence-electron chi connectivity index (χ1n) is 7.59. The molecule has 0 saturated heterocycles. The molecule has 118 valence electrons. The Morgan fingerprint density at radius 3 is 2.86 bits per heavy atom. The van der Waals surface area contributed by atoms with Crippen LogP contribution in [0.3, 0.4) is 0 Å². The zero-order valence-corrected chi connectivity index (χ0v) is 13.5. The van der Waals surface area contributed by atoms with Gasteiger partial charge in [0.25, 0.3) is 0 Å². The summed E-state index contributed by atoms with van der Waals surface area (Å²) in [4.78, 5) is 7.65. The number of nitrogens with zero attached hydrogens (tertiary/aromatic N) is 1. The van der Waals surface area contributed by atoms with E-state index in [-0.39, 0.29) is 6.04 Å². The maximum absolute atomic E-state index is 6.41. The van der Waals surface area contributed by atoms with Crippen LogP contribution < -0.4 is 14.8 Å². The minimum absolute atomic E-state index is 0.0161. The molecule has 2 N–H and O–H groups in total. The van der Waals surface area contributed by atoms with Gasteiger partial charge >= 0.3 is 0 Å². The summed E-state index contributed by atoms with van der Waals surface area (Å²) in [5.41, 5.74) is 3.23. The first-order valence-corrected chi connectivity index (χ1v) is 7.97. The number of aromatic nitrogens is 2. The molecule has 0 radical (unpaired) electrons. The lowest BCUT2D eigenvalue weighted by Crippen LogP contribution is -2.30. The highest BCUT2D eigenvalue weighted by Gasteiger charge is 2.25. The molecule has 0 unspecified atom stereocenters. The van der Waals surface area contributed by atoms with Crippen molar-refractivity contribution in [2.24, 2.45) is 0 Å². The zero-order valence-electron chi connectivity index (χ0n) is 12.8. The summed E-state index contributed by atoms with van der Waals surface area (Å²) in [6.45, 7) is 5.88. The average Bonchev–Trinajstić information content (AvgIpc) is 2.99. The van der Waals surface area contributed by atoms with Crippen molar-refractivity contribution in [1.82, 2.24) is 15.3 Å². The fraction of sp³-hybridized carbons (Fsp3) is 0.438. The van der Waals surface area contributed by atoms with E-state index in [0.717, 1.165) is 24.2 Å². The van der Waals surface area contributed by atoms with E-state index in [9.17, 15) is 0 Å². The SMILES string of the molecule is CCOc1cc([C@@H]2NCCc3[nH]cnc32)cc(Cl)c1OCC. The molecule has 1 aromatic heterocycles. The summed E-state index contributed by atoms with van der Waals surface area (Å²) >= 11 is 6.41. The van der Waals surface area contributed by atoms with Gasteiger partial charge in [0.2, 0.25) is 0 Å². The Hall–Kier alpha value is -1.72. The molecule has 0 bridgehead atoms. The van der Waals surface area contributed by atoms with Gasteiger partial charge in [-0.05, 0) is 31.5 Å². The van der Waals surface area contributed by atoms with Gasteiger partial charge in [-0.2, -0.15) is 0 Å². The minimum Gasteiger partial charge on any atom is -0.490 e. The van der Waals surface area contributed by atoms with Crippen LogP contribution in [0.15, 0.2) is 18.5 Å². The van der Waals surface area contributed by atoms with Crippen molar-refractivity contribution >= 4 is 11.6 Å². The number of aromatic amines is 1. The molecule has 5 nitrogen and oxygen atoms in total. The Balaban J connectivity index is 2.02. The van der Waals surface area contributed by atoms with Crippen molar-refractivity contribution < 1.29 is 9.47 Å². The van der Waals surface area contributed by atoms with Crippen LogP contribution in [0.25, 0.3) is 0 Å². The Morgan fingerprint density at radius 1 is 1.27 bits per heavy atom. The van der Waals surface area contributed by atoms with Gasteiger partial charge in [-0.3, -0.25) is 0 Å². The third kappa shape index (κ3) is 2.78. The summed E-state index contributed by atoms with van der Waals surface area (Å²) in [5.74, 6) is 1.28. The quantitative estimate of drug-likeness (QED) is 0.888. The molecule has 2 heterocycles. The van der Waals surface area contributed by atoms with Crippen LogP contribution >= 0.6 is 11.6 Å². The normalized spacial score (nSPS) is 17.1. The fourth-order valence-electron chi connectivity index (χ4n) is 2.80. The van der Waals surface area contributed by atoms with E-state index in [1.165, 1.54) is 5.69 Å². The van der Waals surface area contributed by atoms with Crippen molar-refractivity contribution in [1.29, 1.82) is 0 Å². The van der Waals surface area contributed by atoms with Crippen LogP contribution in [0, 0.1) is 0 Å². The van der Waals surface area contributed by atoms with Gasteiger partial charge in [-0.25, -0.2) is 4.98 Å². The molecule has 22 heavy (non-hydrogen) atoms. The molecule has 1 aromatic carbocycles. The predicted octanol–water partition coefficient (Wildman–Crippen LogP) is 3.10. The molecular formula is C16H20ClN3O2. The summed E-state index contributed by atoms with van der Waals surface area (Å²) in [7, 11) is 0. The third-order valence-electron chi connectivity index (χ3n) is 3.70. The second-order valence-corrected chi connectivity index (χ2v) is 5.51. The lowest BCUT2D eigenvalue weighted by atomic mass is 9.97. The van der Waals surface area contributed by atoms with E-state index < -0.39 is 0 Å². The van der Waals surface area contributed by atoms with Gasteiger partial charge in [0, 0.05) is 18.7 Å². The van der Waals surface area contributed by atoms with Gasteiger partial charge in [0.05, 0.1) is 36.3 Å². The largest absolute Gasteiger partial charge is 0.490 e. The second-order valence-electron chi connectivity index (χ2n) is 5.10. The number of benzene rings is 1. The van der Waals surface area contributed by atoms with Crippen molar-refractivity contribution in [3.05, 3.63) is 40.4 Å². The predicted molar refractivity (Wildman–Crippen MR) is 85.9 cm³/mol. The number of hydrogen-bond donors (Lipinski definition) is 2. The molecule has 1 atom stereocenters. The Morgan fingerprint density at radius 2 is 2.09 bits per heavy atom. The van der Waals surface area contributed by atoms with E-state index in [1.54, 1.807) is 6.33 Å². The van der Waals surface area contributed by atoms with E-state index in [0.29, 0.717) is 29.7 Å². The maximum atomic E-state index is 6.41. The fourth-order valence-corrected chi connectivity index (χ4v) is 3.07. The molecule has 0 spiro atoms. The van der Waals surface area contributed by atoms with Crippen molar-refractivity contribution in [2.75, 3.05) is 19.8 Å². The number of imidazole rings is 1. The number of nitrogens with one attached hydrogen (secondary N) is 2. The molecule has 0 amide bonds. The first-order chi connectivity index (χ1) is 10.7. The van der Waals surface area contributed by atoms with Crippen molar-refractivity contribution in [3.8, 4) is 11.5 Å². The molecule has 6 heteroatoms. The van der Waals surface area contributed by atoms with Gasteiger partial charge in [0.1, 0.15) is 0 Å². The lowest BCUT2D eigenvalue weighted by molar-refractivity contribution is 0.287. The highest BCUT2D eigenvalue weighted by Crippen LogP contribution is 2.40. The molecule has 3 rings (SSSR count). The highest BCUT2D eigenvalue weighted by molar-refractivity contribution is 6.32. The van der Waals surface area contributed by atoms with Crippen LogP contribution in [-0.4, -0.2) is 29.7 Å². The Labute approximate surface area is 135 Å². The number of ether oxygens (including phenoxy) is 2. The average molecular weight is 322 g/mol. The molecule has 1 aliphatic heterocycles. The zero-order chi connectivity index (χ0) is 15.5. The van der Waals surface area contributed by atoms with Crippen LogP contribution in [-0.2, 0) is 6.42 Å². The Bertz CT molecular complexity index is 657. The topological polar surface area (TPSA) is 59.2 Å². The lowest BCUT2D eigenvalue weighted by Gasteiger charge is -2.24. The number of halogens is 1. The smallest absolute Gasteiger partial charge is 0.179 e. The van der Waals surface area contributed by atoms with Crippen LogP contribution in [0.4, 0.5) is 0 Å². The number of rotatable bonds is 5. The minimum atomic E-state index is 0.0161. The van der Waals surface area contributed by atoms with Crippen LogP contribution in [0.5, 0.6) is 11.5 Å². The van der Waals surface area contributed by atoms with E-state index in [4.69, 9.17) is 21.1 Å². The molecular weight excluding hydrogens is 302 g/mol. The standard InChI is InChI=1S/C16H20ClN3O2/c1-3-21-13-8-10(7-11(17)16(13)22-4-2)14-15-12(5-6-18-14)19-9-20-15/h7-9,14,18H,3-6H2,1-2H3,(H,19,20)/t14-/m0/s1. The highest BCUT2D eigenvalue weighted by atomic mass is 35.5. The van der Waals surface area contributed by atoms with Crippen LogP contribution in [0.1, 0.15) is 36.8 Å². The van der Waals surface area contributed by atoms with Gasteiger partial charge in [-0.15, -0.1) is 0 Å². The molecule has 0 aliphatic carbocycles. The van der Waals surface area contributed by atoms with Crippen molar-refractivity contribution in [3.63, 3.8) is 0 Å². The van der Waals surface area contributed by atoms with E-state index in [1.807, 2.05) is 26.0 Å². The van der Waals surface area contributed by atoms with E-state index >= 15 is 0 Å². The summed E-state index contributed by atoms with van der Waals surface area (Å²) in [5, 5.41) is 4.05. The summed E-state index contributed by atoms with van der Waals surface area (Å²) in [6, 6.07) is 3.93. The van der Waals surface area contributed by atoms with Gasteiger partial charge in [0.15, 0.2) is 11.5 Å². The number of hydrogen-bond acceptors (Lipinski definition) is 4. The van der Waals surface area contributed by atoms with Crippen molar-refractivity contribution in [2.45, 2.75) is 26.3 Å². The monoisotopic (exact) mass is 321 g/mol. The Kier molecular flexibility index (Phi) is 4.55. The van der Waals surface area contributed by atoms with E-state index in [2.05, 4.69) is 15.3 Å². The third-order valence-corrected chi connectivity index (χ3v) is 3.98. The molecule has 0 saturated carbocycles. The number of H-pyrrole nitrogens is 1. The maximum Gasteiger partial charge on any atom is 0.179 e. The summed E-state index contributed by atoms with van der Waals surface area (Å²) in [6.07, 6.45) is 2.69. The van der Waals surface area contributed by atoms with Gasteiger partial charge < -0.3 is 19.8 Å². The molecule has 1 aliphatic rings. The second kappa shape index (κ2) is 6.58. The molecule has 0 fully saturated rings. The van der Waals surface area contributed by atoms with Gasteiger partial charge in [-0.1, -0.05) is 11.6 Å².